The Kier molecular flexibility index (Phi) is 4.17. The molecule has 0 amide bonds. The second-order valence-electron chi connectivity index (χ2n) is 4.03. The summed E-state index contributed by atoms with van der Waals surface area (Å²) in [6, 6.07) is 10.1. The molecule has 1 rings (SSSR count). The summed E-state index contributed by atoms with van der Waals surface area (Å²) in [5.41, 5.74) is 1.20. The smallest absolute Gasteiger partial charge is 0.122 e. The second-order valence-corrected chi connectivity index (χ2v) is 4.03. The van der Waals surface area contributed by atoms with Crippen LogP contribution in [0.25, 0.3) is 0 Å². The van der Waals surface area contributed by atoms with E-state index in [1.807, 2.05) is 25.1 Å². The van der Waals surface area contributed by atoms with E-state index in [1.165, 1.54) is 5.56 Å². The summed E-state index contributed by atoms with van der Waals surface area (Å²) in [7, 11) is 0. The van der Waals surface area contributed by atoms with Gasteiger partial charge in [-0.25, -0.2) is 0 Å². The Morgan fingerprint density at radius 2 is 1.93 bits per heavy atom. The highest BCUT2D eigenvalue weighted by Gasteiger charge is 2.08. The fraction of sp³-hybridized carbons (Fsp3) is 0.462. The van der Waals surface area contributed by atoms with Crippen molar-refractivity contribution in [3.8, 4) is 11.8 Å². The topological polar surface area (TPSA) is 33.0 Å². The van der Waals surface area contributed by atoms with Crippen molar-refractivity contribution in [2.75, 3.05) is 6.61 Å². The highest BCUT2D eigenvalue weighted by atomic mass is 16.5. The first-order valence-corrected chi connectivity index (χ1v) is 5.26. The molecule has 80 valence electrons. The molecule has 0 aliphatic carbocycles. The van der Waals surface area contributed by atoms with E-state index in [0.29, 0.717) is 12.5 Å². The standard InChI is InChI=1S/C13H17NO/c1-10(2)12-6-4-5-7-13(12)15-9-11(3)8-14/h4-7,10-11H,9H2,1-3H3. The molecule has 0 radical (unpaired) electrons. The molecule has 0 saturated heterocycles. The van der Waals surface area contributed by atoms with Crippen molar-refractivity contribution in [1.82, 2.24) is 0 Å². The Hall–Kier alpha value is -1.49. The van der Waals surface area contributed by atoms with Crippen LogP contribution in [0.4, 0.5) is 0 Å². The van der Waals surface area contributed by atoms with Gasteiger partial charge in [-0.3, -0.25) is 0 Å². The predicted octanol–water partition coefficient (Wildman–Crippen LogP) is 3.35. The van der Waals surface area contributed by atoms with Gasteiger partial charge in [-0.05, 0) is 24.5 Å². The first-order chi connectivity index (χ1) is 7.15. The van der Waals surface area contributed by atoms with E-state index in [1.54, 1.807) is 0 Å². The number of benzene rings is 1. The van der Waals surface area contributed by atoms with Gasteiger partial charge >= 0.3 is 0 Å². The third-order valence-electron chi connectivity index (χ3n) is 2.25. The molecule has 0 saturated carbocycles. The molecule has 1 aromatic rings. The number of ether oxygens (including phenoxy) is 1. The van der Waals surface area contributed by atoms with Crippen molar-refractivity contribution < 1.29 is 4.74 Å². The van der Waals surface area contributed by atoms with Crippen molar-refractivity contribution in [3.63, 3.8) is 0 Å². The van der Waals surface area contributed by atoms with Crippen molar-refractivity contribution in [1.29, 1.82) is 5.26 Å². The van der Waals surface area contributed by atoms with Gasteiger partial charge in [-0.2, -0.15) is 5.26 Å². The van der Waals surface area contributed by atoms with Gasteiger partial charge in [-0.1, -0.05) is 32.0 Å². The zero-order valence-electron chi connectivity index (χ0n) is 9.53. The number of para-hydroxylation sites is 1. The van der Waals surface area contributed by atoms with Crippen LogP contribution >= 0.6 is 0 Å². The Morgan fingerprint density at radius 1 is 1.27 bits per heavy atom. The van der Waals surface area contributed by atoms with Crippen LogP contribution in [0, 0.1) is 17.2 Å². The maximum absolute atomic E-state index is 8.66. The highest BCUT2D eigenvalue weighted by molar-refractivity contribution is 5.35. The lowest BCUT2D eigenvalue weighted by Crippen LogP contribution is -2.07. The summed E-state index contributed by atoms with van der Waals surface area (Å²) in [6.07, 6.45) is 0. The molecule has 0 aliphatic heterocycles. The molecule has 2 heteroatoms. The van der Waals surface area contributed by atoms with Gasteiger partial charge in [0.25, 0.3) is 0 Å². The Balaban J connectivity index is 2.72. The number of hydrogen-bond donors (Lipinski definition) is 0. The zero-order chi connectivity index (χ0) is 11.3. The van der Waals surface area contributed by atoms with Crippen molar-refractivity contribution in [2.45, 2.75) is 26.7 Å². The molecular weight excluding hydrogens is 186 g/mol. The third kappa shape index (κ3) is 3.28. The molecule has 0 aliphatic rings. The molecule has 0 N–H and O–H groups in total. The lowest BCUT2D eigenvalue weighted by molar-refractivity contribution is 0.284. The lowest BCUT2D eigenvalue weighted by atomic mass is 10.0. The van der Waals surface area contributed by atoms with Gasteiger partial charge in [0.1, 0.15) is 12.4 Å². The minimum atomic E-state index is -0.0646. The minimum Gasteiger partial charge on any atom is -0.492 e. The summed E-state index contributed by atoms with van der Waals surface area (Å²) < 4.78 is 5.63. The Labute approximate surface area is 91.5 Å². The summed E-state index contributed by atoms with van der Waals surface area (Å²) in [4.78, 5) is 0. The van der Waals surface area contributed by atoms with E-state index >= 15 is 0 Å². The molecule has 0 spiro atoms. The van der Waals surface area contributed by atoms with Crippen LogP contribution in [0.2, 0.25) is 0 Å². The van der Waals surface area contributed by atoms with E-state index in [4.69, 9.17) is 10.00 Å². The van der Waals surface area contributed by atoms with E-state index in [2.05, 4.69) is 26.0 Å². The average molecular weight is 203 g/mol. The third-order valence-corrected chi connectivity index (χ3v) is 2.25. The first kappa shape index (κ1) is 11.6. The zero-order valence-corrected chi connectivity index (χ0v) is 9.53. The van der Waals surface area contributed by atoms with E-state index in [-0.39, 0.29) is 5.92 Å². The maximum atomic E-state index is 8.66. The monoisotopic (exact) mass is 203 g/mol. The van der Waals surface area contributed by atoms with Crippen LogP contribution in [-0.4, -0.2) is 6.61 Å². The molecule has 1 aromatic carbocycles. The van der Waals surface area contributed by atoms with Crippen LogP contribution in [0.3, 0.4) is 0 Å². The number of nitrogens with zero attached hydrogens (tertiary/aromatic N) is 1. The number of hydrogen-bond acceptors (Lipinski definition) is 2. The maximum Gasteiger partial charge on any atom is 0.122 e. The molecular formula is C13H17NO. The highest BCUT2D eigenvalue weighted by Crippen LogP contribution is 2.26. The van der Waals surface area contributed by atoms with Gasteiger partial charge in [0.15, 0.2) is 0 Å². The number of nitriles is 1. The minimum absolute atomic E-state index is 0.0646. The van der Waals surface area contributed by atoms with Gasteiger partial charge in [-0.15, -0.1) is 0 Å². The molecule has 0 heterocycles. The predicted molar refractivity (Wildman–Crippen MR) is 60.8 cm³/mol. The Morgan fingerprint density at radius 3 is 2.53 bits per heavy atom. The second kappa shape index (κ2) is 5.41. The van der Waals surface area contributed by atoms with E-state index in [9.17, 15) is 0 Å². The van der Waals surface area contributed by atoms with Crippen LogP contribution in [-0.2, 0) is 0 Å². The fourth-order valence-electron chi connectivity index (χ4n) is 1.34. The normalized spacial score (nSPS) is 12.2. The van der Waals surface area contributed by atoms with Crippen LogP contribution in [0.1, 0.15) is 32.3 Å². The van der Waals surface area contributed by atoms with Gasteiger partial charge < -0.3 is 4.74 Å². The fourth-order valence-corrected chi connectivity index (χ4v) is 1.34. The molecule has 0 fully saturated rings. The summed E-state index contributed by atoms with van der Waals surface area (Å²) in [5.74, 6) is 1.28. The molecule has 2 nitrogen and oxygen atoms in total. The summed E-state index contributed by atoms with van der Waals surface area (Å²) in [5, 5.41) is 8.66. The van der Waals surface area contributed by atoms with Gasteiger partial charge in [0, 0.05) is 0 Å². The molecule has 1 unspecified atom stereocenters. The summed E-state index contributed by atoms with van der Waals surface area (Å²) in [6.45, 7) is 6.59. The van der Waals surface area contributed by atoms with Crippen LogP contribution in [0.15, 0.2) is 24.3 Å². The average Bonchev–Trinajstić information content (AvgIpc) is 2.26. The molecule has 15 heavy (non-hydrogen) atoms. The van der Waals surface area contributed by atoms with Crippen molar-refractivity contribution in [3.05, 3.63) is 29.8 Å². The van der Waals surface area contributed by atoms with Gasteiger partial charge in [0.2, 0.25) is 0 Å². The molecule has 0 aromatic heterocycles. The van der Waals surface area contributed by atoms with E-state index < -0.39 is 0 Å². The molecule has 1 atom stereocenters. The first-order valence-electron chi connectivity index (χ1n) is 5.26. The quantitative estimate of drug-likeness (QED) is 0.751. The van der Waals surface area contributed by atoms with E-state index in [0.717, 1.165) is 5.75 Å². The Bertz CT molecular complexity index is 352. The van der Waals surface area contributed by atoms with Crippen LogP contribution in [0.5, 0.6) is 5.75 Å². The molecule has 0 bridgehead atoms. The number of rotatable bonds is 4. The van der Waals surface area contributed by atoms with Crippen molar-refractivity contribution in [2.24, 2.45) is 5.92 Å². The summed E-state index contributed by atoms with van der Waals surface area (Å²) >= 11 is 0. The SMILES string of the molecule is CC(C#N)COc1ccccc1C(C)C. The van der Waals surface area contributed by atoms with Crippen LogP contribution < -0.4 is 4.74 Å². The lowest BCUT2D eigenvalue weighted by Gasteiger charge is -2.14. The van der Waals surface area contributed by atoms with Gasteiger partial charge in [0.05, 0.1) is 12.0 Å². The van der Waals surface area contributed by atoms with Crippen molar-refractivity contribution >= 4 is 0 Å². The largest absolute Gasteiger partial charge is 0.492 e.